The summed E-state index contributed by atoms with van der Waals surface area (Å²) in [6.45, 7) is 0. The lowest BCUT2D eigenvalue weighted by atomic mass is 10.1. The molecule has 2 heterocycles. The highest BCUT2D eigenvalue weighted by molar-refractivity contribution is 6.32. The average molecular weight is 297 g/mol. The molecule has 0 amide bonds. The fraction of sp³-hybridized carbons (Fsp3) is 0.0714. The molecule has 0 fully saturated rings. The monoisotopic (exact) mass is 296 g/mol. The van der Waals surface area contributed by atoms with E-state index in [-0.39, 0.29) is 0 Å². The van der Waals surface area contributed by atoms with Crippen molar-refractivity contribution in [2.24, 2.45) is 0 Å². The van der Waals surface area contributed by atoms with Gasteiger partial charge >= 0.3 is 6.18 Å². The van der Waals surface area contributed by atoms with Crippen LogP contribution in [0.1, 0.15) is 5.56 Å². The van der Waals surface area contributed by atoms with Gasteiger partial charge in [-0.1, -0.05) is 29.8 Å². The van der Waals surface area contributed by atoms with Crippen molar-refractivity contribution in [3.8, 4) is 11.4 Å². The normalized spacial score (nSPS) is 12.0. The molecule has 0 aliphatic heterocycles. The van der Waals surface area contributed by atoms with Gasteiger partial charge in [0.1, 0.15) is 5.82 Å². The second-order valence-corrected chi connectivity index (χ2v) is 4.62. The lowest BCUT2D eigenvalue weighted by Gasteiger charge is -2.07. The number of hydrogen-bond acceptors (Lipinski definition) is 1. The number of benzene rings is 1. The molecular formula is C14H8ClF3N2. The minimum Gasteiger partial charge on any atom is -0.298 e. The van der Waals surface area contributed by atoms with Gasteiger partial charge in [0, 0.05) is 11.8 Å². The number of halogens is 4. The third kappa shape index (κ3) is 2.14. The minimum atomic E-state index is -4.34. The molecule has 0 bridgehead atoms. The Kier molecular flexibility index (Phi) is 2.94. The first-order valence-corrected chi connectivity index (χ1v) is 6.15. The van der Waals surface area contributed by atoms with Crippen molar-refractivity contribution in [1.82, 2.24) is 9.38 Å². The molecule has 0 atom stereocenters. The van der Waals surface area contributed by atoms with Crippen LogP contribution in [0.15, 0.2) is 48.7 Å². The Morgan fingerprint density at radius 2 is 1.70 bits per heavy atom. The van der Waals surface area contributed by atoms with Crippen molar-refractivity contribution in [2.45, 2.75) is 6.18 Å². The van der Waals surface area contributed by atoms with Crippen molar-refractivity contribution < 1.29 is 13.2 Å². The molecular weight excluding hydrogens is 289 g/mol. The summed E-state index contributed by atoms with van der Waals surface area (Å²) in [5.74, 6) is 0.513. The minimum absolute atomic E-state index is 0.320. The largest absolute Gasteiger partial charge is 0.416 e. The van der Waals surface area contributed by atoms with Gasteiger partial charge in [-0.25, -0.2) is 4.98 Å². The number of nitrogens with zero attached hydrogens (tertiary/aromatic N) is 2. The first kappa shape index (κ1) is 13.0. The SMILES string of the molecule is FC(F)(F)c1ccc(-c2nc(Cl)c3ccccn23)cc1. The van der Waals surface area contributed by atoms with E-state index in [2.05, 4.69) is 4.98 Å². The molecule has 3 rings (SSSR count). The second kappa shape index (κ2) is 4.52. The van der Waals surface area contributed by atoms with E-state index in [1.54, 1.807) is 22.7 Å². The molecule has 0 spiro atoms. The van der Waals surface area contributed by atoms with E-state index in [1.807, 2.05) is 6.07 Å². The van der Waals surface area contributed by atoms with Crippen LogP contribution in [0.25, 0.3) is 16.9 Å². The summed E-state index contributed by atoms with van der Waals surface area (Å²) in [6.07, 6.45) is -2.58. The molecule has 3 aromatic rings. The molecule has 20 heavy (non-hydrogen) atoms. The Balaban J connectivity index is 2.12. The first-order chi connectivity index (χ1) is 9.47. The van der Waals surface area contributed by atoms with Gasteiger partial charge in [0.05, 0.1) is 11.1 Å². The van der Waals surface area contributed by atoms with Crippen molar-refractivity contribution in [3.05, 3.63) is 59.4 Å². The lowest BCUT2D eigenvalue weighted by molar-refractivity contribution is -0.137. The van der Waals surface area contributed by atoms with Gasteiger partial charge in [-0.15, -0.1) is 0 Å². The molecule has 1 aromatic carbocycles. The molecule has 102 valence electrons. The number of fused-ring (bicyclic) bond motifs is 1. The highest BCUT2D eigenvalue weighted by atomic mass is 35.5. The summed E-state index contributed by atoms with van der Waals surface area (Å²) < 4.78 is 39.4. The highest BCUT2D eigenvalue weighted by Gasteiger charge is 2.30. The molecule has 2 aromatic heterocycles. The number of pyridine rings is 1. The third-order valence-electron chi connectivity index (χ3n) is 2.97. The molecule has 0 radical (unpaired) electrons. The van der Waals surface area contributed by atoms with Crippen molar-refractivity contribution in [2.75, 3.05) is 0 Å². The van der Waals surface area contributed by atoms with E-state index < -0.39 is 11.7 Å². The molecule has 0 unspecified atom stereocenters. The van der Waals surface area contributed by atoms with Crippen LogP contribution in [-0.2, 0) is 6.18 Å². The molecule has 0 saturated carbocycles. The Labute approximate surface area is 117 Å². The zero-order chi connectivity index (χ0) is 14.3. The van der Waals surface area contributed by atoms with Crippen LogP contribution < -0.4 is 0 Å². The summed E-state index contributed by atoms with van der Waals surface area (Å²) in [6, 6.07) is 10.3. The average Bonchev–Trinajstić information content (AvgIpc) is 2.76. The smallest absolute Gasteiger partial charge is 0.298 e. The molecule has 2 nitrogen and oxygen atoms in total. The van der Waals surface area contributed by atoms with Crippen molar-refractivity contribution >= 4 is 17.1 Å². The maximum Gasteiger partial charge on any atom is 0.416 e. The van der Waals surface area contributed by atoms with Crippen LogP contribution in [0.3, 0.4) is 0 Å². The maximum absolute atomic E-state index is 12.5. The van der Waals surface area contributed by atoms with Crippen LogP contribution in [0.4, 0.5) is 13.2 Å². The lowest BCUT2D eigenvalue weighted by Crippen LogP contribution is -2.04. The highest BCUT2D eigenvalue weighted by Crippen LogP contribution is 2.31. The van der Waals surface area contributed by atoms with E-state index in [0.717, 1.165) is 12.1 Å². The zero-order valence-electron chi connectivity index (χ0n) is 10.0. The molecule has 0 saturated heterocycles. The van der Waals surface area contributed by atoms with Crippen LogP contribution >= 0.6 is 11.6 Å². The molecule has 0 aliphatic carbocycles. The Morgan fingerprint density at radius 3 is 2.35 bits per heavy atom. The van der Waals surface area contributed by atoms with Gasteiger partial charge in [-0.2, -0.15) is 13.2 Å². The molecule has 0 aliphatic rings. The fourth-order valence-corrected chi connectivity index (χ4v) is 2.25. The van der Waals surface area contributed by atoms with Crippen molar-refractivity contribution in [1.29, 1.82) is 0 Å². The number of aromatic nitrogens is 2. The number of alkyl halides is 3. The van der Waals surface area contributed by atoms with Crippen LogP contribution in [0, 0.1) is 0 Å². The van der Waals surface area contributed by atoms with E-state index in [9.17, 15) is 13.2 Å². The van der Waals surface area contributed by atoms with Gasteiger partial charge in [-0.05, 0) is 24.3 Å². The molecule has 6 heteroatoms. The summed E-state index contributed by atoms with van der Waals surface area (Å²) >= 11 is 6.02. The third-order valence-corrected chi connectivity index (χ3v) is 3.25. The first-order valence-electron chi connectivity index (χ1n) is 5.77. The van der Waals surface area contributed by atoms with Crippen molar-refractivity contribution in [3.63, 3.8) is 0 Å². The van der Waals surface area contributed by atoms with E-state index >= 15 is 0 Å². The standard InChI is InChI=1S/C14H8ClF3N2/c15-12-11-3-1-2-8-20(11)13(19-12)9-4-6-10(7-5-9)14(16,17)18/h1-8H. The van der Waals surface area contributed by atoms with E-state index in [4.69, 9.17) is 11.6 Å². The van der Waals surface area contributed by atoms with E-state index in [0.29, 0.717) is 22.1 Å². The van der Waals surface area contributed by atoms with Crippen LogP contribution in [0.2, 0.25) is 5.15 Å². The van der Waals surface area contributed by atoms with E-state index in [1.165, 1.54) is 12.1 Å². The predicted octanol–water partition coefficient (Wildman–Crippen LogP) is 4.67. The van der Waals surface area contributed by atoms with Gasteiger partial charge in [0.2, 0.25) is 0 Å². The summed E-state index contributed by atoms with van der Waals surface area (Å²) in [7, 11) is 0. The summed E-state index contributed by atoms with van der Waals surface area (Å²) in [5, 5.41) is 0.320. The number of imidazole rings is 1. The Bertz CT molecular complexity index is 760. The number of rotatable bonds is 1. The quantitative estimate of drug-likeness (QED) is 0.637. The van der Waals surface area contributed by atoms with Gasteiger partial charge < -0.3 is 0 Å². The fourth-order valence-electron chi connectivity index (χ4n) is 2.01. The maximum atomic E-state index is 12.5. The van der Waals surface area contributed by atoms with Gasteiger partial charge in [0.25, 0.3) is 0 Å². The van der Waals surface area contributed by atoms with Crippen LogP contribution in [-0.4, -0.2) is 9.38 Å². The van der Waals surface area contributed by atoms with Gasteiger partial charge in [0.15, 0.2) is 5.15 Å². The Hall–Kier alpha value is -2.01. The summed E-state index contributed by atoms with van der Waals surface area (Å²) in [4.78, 5) is 4.20. The summed E-state index contributed by atoms with van der Waals surface area (Å²) in [5.41, 5.74) is 0.600. The van der Waals surface area contributed by atoms with Gasteiger partial charge in [-0.3, -0.25) is 4.40 Å². The number of hydrogen-bond donors (Lipinski definition) is 0. The molecule has 0 N–H and O–H groups in total. The van der Waals surface area contributed by atoms with Crippen LogP contribution in [0.5, 0.6) is 0 Å². The predicted molar refractivity (Wildman–Crippen MR) is 70.6 cm³/mol. The topological polar surface area (TPSA) is 17.3 Å². The Morgan fingerprint density at radius 1 is 1.00 bits per heavy atom. The second-order valence-electron chi connectivity index (χ2n) is 4.26. The zero-order valence-corrected chi connectivity index (χ0v) is 10.8.